The number of benzene rings is 1. The summed E-state index contributed by atoms with van der Waals surface area (Å²) in [5.41, 5.74) is 7.76. The molecule has 0 radical (unpaired) electrons. The molecule has 0 spiro atoms. The molecule has 0 heterocycles. The first-order valence-corrected chi connectivity index (χ1v) is 8.12. The van der Waals surface area contributed by atoms with Crippen molar-refractivity contribution in [3.8, 4) is 0 Å². The molecule has 0 bridgehead atoms. The van der Waals surface area contributed by atoms with Crippen LogP contribution in [0.3, 0.4) is 0 Å². The number of aliphatic imine (C=N–C) groups is 1. The van der Waals surface area contributed by atoms with Crippen LogP contribution >= 0.6 is 0 Å². The number of amides is 1. The lowest BCUT2D eigenvalue weighted by Crippen LogP contribution is -2.33. The largest absolute Gasteiger partial charge is 0.380 e. The second-order valence-electron chi connectivity index (χ2n) is 5.78. The van der Waals surface area contributed by atoms with Crippen LogP contribution in [0.25, 0.3) is 0 Å². The van der Waals surface area contributed by atoms with E-state index in [1.54, 1.807) is 7.11 Å². The summed E-state index contributed by atoms with van der Waals surface area (Å²) in [5.74, 6) is 0.357. The Morgan fingerprint density at radius 3 is 2.83 bits per heavy atom. The van der Waals surface area contributed by atoms with E-state index < -0.39 is 0 Å². The minimum Gasteiger partial charge on any atom is -0.380 e. The molecule has 0 aliphatic heterocycles. The molecule has 0 aromatic heterocycles. The quantitative estimate of drug-likeness (QED) is 0.530. The summed E-state index contributed by atoms with van der Waals surface area (Å²) in [5, 5.41) is 6.10. The predicted molar refractivity (Wildman–Crippen MR) is 92.3 cm³/mol. The van der Waals surface area contributed by atoms with Crippen LogP contribution in [-0.4, -0.2) is 31.6 Å². The van der Waals surface area contributed by atoms with Crippen molar-refractivity contribution in [3.63, 3.8) is 0 Å². The summed E-state index contributed by atoms with van der Waals surface area (Å²) in [7, 11) is 1.65. The topological polar surface area (TPSA) is 88.7 Å². The maximum Gasteiger partial charge on any atom is 0.222 e. The van der Waals surface area contributed by atoms with Gasteiger partial charge in [-0.05, 0) is 18.9 Å². The van der Waals surface area contributed by atoms with Gasteiger partial charge in [-0.25, -0.2) is 0 Å². The molecule has 1 aromatic rings. The molecule has 1 aliphatic rings. The lowest BCUT2D eigenvalue weighted by molar-refractivity contribution is -0.121. The van der Waals surface area contributed by atoms with Crippen molar-refractivity contribution in [2.75, 3.05) is 19.0 Å². The summed E-state index contributed by atoms with van der Waals surface area (Å²) in [6.45, 7) is 0.879. The van der Waals surface area contributed by atoms with Crippen LogP contribution in [0.1, 0.15) is 37.7 Å². The average molecular weight is 318 g/mol. The number of guanidine groups is 1. The van der Waals surface area contributed by atoms with Crippen LogP contribution in [0.15, 0.2) is 29.3 Å². The van der Waals surface area contributed by atoms with Gasteiger partial charge in [0, 0.05) is 30.8 Å². The molecular weight excluding hydrogens is 292 g/mol. The average Bonchev–Trinajstić information content (AvgIpc) is 3.02. The Bertz CT molecular complexity index is 539. The zero-order valence-electron chi connectivity index (χ0n) is 13.7. The molecule has 1 aromatic carbocycles. The van der Waals surface area contributed by atoms with Gasteiger partial charge in [-0.2, -0.15) is 0 Å². The molecule has 0 unspecified atom stereocenters. The first-order chi connectivity index (χ1) is 11.2. The van der Waals surface area contributed by atoms with Crippen LogP contribution in [-0.2, 0) is 16.1 Å². The fraction of sp³-hybridized carbons (Fsp3) is 0.529. The van der Waals surface area contributed by atoms with Gasteiger partial charge in [-0.3, -0.25) is 9.79 Å². The van der Waals surface area contributed by atoms with E-state index in [1.165, 1.54) is 12.8 Å². The number of carbonyl (C=O) groups excluding carboxylic acids is 1. The molecule has 1 fully saturated rings. The number of hydrogen-bond acceptors (Lipinski definition) is 3. The molecule has 1 saturated carbocycles. The predicted octanol–water partition coefficient (Wildman–Crippen LogP) is 2.01. The third-order valence-electron chi connectivity index (χ3n) is 3.92. The van der Waals surface area contributed by atoms with E-state index in [4.69, 9.17) is 10.5 Å². The summed E-state index contributed by atoms with van der Waals surface area (Å²) in [6, 6.07) is 8.10. The van der Waals surface area contributed by atoms with Gasteiger partial charge in [0.1, 0.15) is 0 Å². The van der Waals surface area contributed by atoms with E-state index in [-0.39, 0.29) is 5.91 Å². The Morgan fingerprint density at radius 2 is 2.09 bits per heavy atom. The van der Waals surface area contributed by atoms with Gasteiger partial charge < -0.3 is 21.1 Å². The highest BCUT2D eigenvalue weighted by molar-refractivity contribution is 5.93. The highest BCUT2D eigenvalue weighted by Crippen LogP contribution is 2.17. The second-order valence-corrected chi connectivity index (χ2v) is 5.78. The lowest BCUT2D eigenvalue weighted by Gasteiger charge is -2.12. The first kappa shape index (κ1) is 17.3. The van der Waals surface area contributed by atoms with Gasteiger partial charge in [0.15, 0.2) is 5.96 Å². The van der Waals surface area contributed by atoms with Crippen molar-refractivity contribution in [2.24, 2.45) is 10.7 Å². The van der Waals surface area contributed by atoms with Crippen molar-refractivity contribution >= 4 is 17.6 Å². The van der Waals surface area contributed by atoms with Crippen LogP contribution in [0.5, 0.6) is 0 Å². The number of para-hydroxylation sites is 1. The fourth-order valence-electron chi connectivity index (χ4n) is 2.75. The van der Waals surface area contributed by atoms with E-state index >= 15 is 0 Å². The van der Waals surface area contributed by atoms with E-state index in [0.29, 0.717) is 31.6 Å². The molecule has 23 heavy (non-hydrogen) atoms. The lowest BCUT2D eigenvalue weighted by atomic mass is 10.2. The third-order valence-corrected chi connectivity index (χ3v) is 3.92. The summed E-state index contributed by atoms with van der Waals surface area (Å²) < 4.78 is 5.15. The number of nitrogens with one attached hydrogen (secondary N) is 2. The summed E-state index contributed by atoms with van der Waals surface area (Å²) >= 11 is 0. The molecule has 6 nitrogen and oxygen atoms in total. The number of rotatable bonds is 7. The molecule has 1 amide bonds. The summed E-state index contributed by atoms with van der Waals surface area (Å²) in [6.07, 6.45) is 4.96. The molecule has 0 saturated heterocycles. The minimum absolute atomic E-state index is 0.0493. The third kappa shape index (κ3) is 5.90. The van der Waals surface area contributed by atoms with E-state index in [2.05, 4.69) is 15.6 Å². The monoisotopic (exact) mass is 318 g/mol. The molecule has 126 valence electrons. The summed E-state index contributed by atoms with van der Waals surface area (Å²) in [4.78, 5) is 16.0. The Balaban J connectivity index is 1.77. The Kier molecular flexibility index (Phi) is 6.87. The number of nitrogens with zero attached hydrogens (tertiary/aromatic N) is 1. The van der Waals surface area contributed by atoms with Gasteiger partial charge in [0.2, 0.25) is 5.91 Å². The number of carbonyl (C=O) groups is 1. The Hall–Kier alpha value is -2.08. The van der Waals surface area contributed by atoms with Crippen molar-refractivity contribution in [2.45, 2.75) is 44.8 Å². The van der Waals surface area contributed by atoms with E-state index in [1.807, 2.05) is 24.3 Å². The zero-order chi connectivity index (χ0) is 16.5. The van der Waals surface area contributed by atoms with E-state index in [0.717, 1.165) is 24.1 Å². The number of methoxy groups -OCH3 is 1. The maximum atomic E-state index is 11.8. The van der Waals surface area contributed by atoms with Gasteiger partial charge in [-0.15, -0.1) is 0 Å². The standard InChI is InChI=1S/C17H26N4O2/c1-23-12-13-6-2-5-9-15(13)21-17(18)19-11-10-16(22)20-14-7-3-4-8-14/h2,5-6,9,14H,3-4,7-8,10-12H2,1H3,(H,20,22)(H3,18,19,21). The maximum absolute atomic E-state index is 11.8. The number of hydrogen-bond donors (Lipinski definition) is 3. The van der Waals surface area contributed by atoms with Crippen LogP contribution in [0.4, 0.5) is 5.69 Å². The van der Waals surface area contributed by atoms with Crippen LogP contribution in [0.2, 0.25) is 0 Å². The Labute approximate surface area is 137 Å². The number of anilines is 1. The smallest absolute Gasteiger partial charge is 0.222 e. The van der Waals surface area contributed by atoms with Gasteiger partial charge in [-0.1, -0.05) is 31.0 Å². The molecule has 2 rings (SSSR count). The zero-order valence-corrected chi connectivity index (χ0v) is 13.7. The Morgan fingerprint density at radius 1 is 1.35 bits per heavy atom. The first-order valence-electron chi connectivity index (χ1n) is 8.12. The van der Waals surface area contributed by atoms with Crippen LogP contribution < -0.4 is 16.4 Å². The SMILES string of the molecule is COCc1ccccc1NC(N)=NCCC(=O)NC1CCCC1. The van der Waals surface area contributed by atoms with Crippen molar-refractivity contribution in [1.82, 2.24) is 5.32 Å². The van der Waals surface area contributed by atoms with Crippen molar-refractivity contribution < 1.29 is 9.53 Å². The molecule has 6 heteroatoms. The molecular formula is C17H26N4O2. The second kappa shape index (κ2) is 9.15. The minimum atomic E-state index is 0.0493. The van der Waals surface area contributed by atoms with Gasteiger partial charge in [0.25, 0.3) is 0 Å². The molecule has 4 N–H and O–H groups in total. The fourth-order valence-corrected chi connectivity index (χ4v) is 2.75. The molecule has 0 atom stereocenters. The van der Waals surface area contributed by atoms with E-state index in [9.17, 15) is 4.79 Å². The van der Waals surface area contributed by atoms with Crippen molar-refractivity contribution in [3.05, 3.63) is 29.8 Å². The van der Waals surface area contributed by atoms with Gasteiger partial charge in [0.05, 0.1) is 13.2 Å². The van der Waals surface area contributed by atoms with Gasteiger partial charge >= 0.3 is 0 Å². The number of nitrogens with two attached hydrogens (primary N) is 1. The highest BCUT2D eigenvalue weighted by atomic mass is 16.5. The molecule has 1 aliphatic carbocycles. The van der Waals surface area contributed by atoms with Crippen LogP contribution in [0, 0.1) is 0 Å². The van der Waals surface area contributed by atoms with Crippen molar-refractivity contribution in [1.29, 1.82) is 0 Å². The normalized spacial score (nSPS) is 15.6. The number of ether oxygens (including phenoxy) is 1. The highest BCUT2D eigenvalue weighted by Gasteiger charge is 2.16.